The summed E-state index contributed by atoms with van der Waals surface area (Å²) in [6, 6.07) is 0. The van der Waals surface area contributed by atoms with Crippen molar-refractivity contribution in [3.8, 4) is 0 Å². The van der Waals surface area contributed by atoms with Gasteiger partial charge in [0.15, 0.2) is 6.10 Å². The van der Waals surface area contributed by atoms with Crippen LogP contribution in [0.4, 0.5) is 0 Å². The van der Waals surface area contributed by atoms with Crippen molar-refractivity contribution in [1.82, 2.24) is 4.90 Å². The molecule has 1 atom stereocenters. The average Bonchev–Trinajstić information content (AvgIpc) is 1.94. The lowest BCUT2D eigenvalue weighted by molar-refractivity contribution is -0.148. The van der Waals surface area contributed by atoms with E-state index in [2.05, 4.69) is 6.92 Å². The van der Waals surface area contributed by atoms with Gasteiger partial charge in [-0.1, -0.05) is 13.3 Å². The van der Waals surface area contributed by atoms with Gasteiger partial charge in [0.2, 0.25) is 0 Å². The van der Waals surface area contributed by atoms with Crippen LogP contribution in [0, 0.1) is 5.92 Å². The summed E-state index contributed by atoms with van der Waals surface area (Å²) in [4.78, 5) is 12.2. The van der Waals surface area contributed by atoms with Crippen molar-refractivity contribution in [2.75, 3.05) is 19.6 Å². The highest BCUT2D eigenvalue weighted by Crippen LogP contribution is 2.18. The predicted octanol–water partition coefficient (Wildman–Crippen LogP) is -0.226. The van der Waals surface area contributed by atoms with Crippen LogP contribution in [0.5, 0.6) is 0 Å². The highest BCUT2D eigenvalue weighted by atomic mass is 16.4. The fraction of sp³-hybridized carbons (Fsp3) is 0.875. The molecule has 0 amide bonds. The monoisotopic (exact) mass is 173 g/mol. The minimum absolute atomic E-state index is 0.270. The highest BCUT2D eigenvalue weighted by molar-refractivity contribution is 5.72. The van der Waals surface area contributed by atoms with Crippen molar-refractivity contribution in [3.63, 3.8) is 0 Å². The number of hydrogen-bond donors (Lipinski definition) is 2. The molecule has 0 bridgehead atoms. The van der Waals surface area contributed by atoms with E-state index in [1.807, 2.05) is 4.90 Å². The zero-order valence-electron chi connectivity index (χ0n) is 7.23. The number of carbonyl (C=O) groups is 1. The molecule has 0 aromatic rings. The van der Waals surface area contributed by atoms with Crippen molar-refractivity contribution < 1.29 is 15.0 Å². The smallest absolute Gasteiger partial charge is 0.333 e. The number of nitrogens with zero attached hydrogens (tertiary/aromatic N) is 1. The van der Waals surface area contributed by atoms with E-state index >= 15 is 0 Å². The summed E-state index contributed by atoms with van der Waals surface area (Å²) in [6.07, 6.45) is -0.0811. The molecule has 1 rings (SSSR count). The molecule has 2 N–H and O–H groups in total. The van der Waals surface area contributed by atoms with Gasteiger partial charge >= 0.3 is 5.97 Å². The summed E-state index contributed by atoms with van der Waals surface area (Å²) in [5.74, 6) is -0.430. The van der Waals surface area contributed by atoms with Crippen LogP contribution in [0.25, 0.3) is 0 Å². The Morgan fingerprint density at radius 3 is 2.67 bits per heavy atom. The fourth-order valence-electron chi connectivity index (χ4n) is 1.41. The molecule has 1 aliphatic heterocycles. The van der Waals surface area contributed by atoms with E-state index in [0.29, 0.717) is 5.92 Å². The molecule has 1 saturated heterocycles. The predicted molar refractivity (Wildman–Crippen MR) is 43.9 cm³/mol. The topological polar surface area (TPSA) is 60.8 Å². The molecule has 0 aromatic carbocycles. The Hall–Kier alpha value is -0.610. The second-order valence-corrected chi connectivity index (χ2v) is 3.35. The van der Waals surface area contributed by atoms with Gasteiger partial charge in [-0.05, 0) is 5.92 Å². The first kappa shape index (κ1) is 9.48. The minimum Gasteiger partial charge on any atom is -0.479 e. The van der Waals surface area contributed by atoms with Crippen LogP contribution in [0.1, 0.15) is 13.3 Å². The van der Waals surface area contributed by atoms with Crippen molar-refractivity contribution in [2.24, 2.45) is 5.92 Å². The molecule has 70 valence electrons. The Labute approximate surface area is 71.8 Å². The molecule has 4 nitrogen and oxygen atoms in total. The summed E-state index contributed by atoms with van der Waals surface area (Å²) >= 11 is 0. The van der Waals surface area contributed by atoms with Crippen LogP contribution in [0.3, 0.4) is 0 Å². The molecule has 0 saturated carbocycles. The standard InChI is InChI=1S/C8H15NO3/c1-2-6-3-9(4-6)5-7(10)8(11)12/h6-7,10H,2-5H2,1H3,(H,11,12). The van der Waals surface area contributed by atoms with E-state index < -0.39 is 12.1 Å². The molecule has 0 aromatic heterocycles. The van der Waals surface area contributed by atoms with E-state index in [1.54, 1.807) is 0 Å². The summed E-state index contributed by atoms with van der Waals surface area (Å²) in [5, 5.41) is 17.4. The zero-order valence-corrected chi connectivity index (χ0v) is 7.23. The van der Waals surface area contributed by atoms with Gasteiger partial charge in [0.1, 0.15) is 0 Å². The summed E-state index contributed by atoms with van der Waals surface area (Å²) in [6.45, 7) is 4.25. The maximum Gasteiger partial charge on any atom is 0.333 e. The van der Waals surface area contributed by atoms with Gasteiger partial charge in [-0.3, -0.25) is 4.90 Å². The van der Waals surface area contributed by atoms with E-state index in [-0.39, 0.29) is 6.54 Å². The van der Waals surface area contributed by atoms with Crippen LogP contribution in [0.15, 0.2) is 0 Å². The van der Waals surface area contributed by atoms with Gasteiger partial charge in [0, 0.05) is 19.6 Å². The van der Waals surface area contributed by atoms with Crippen molar-refractivity contribution in [2.45, 2.75) is 19.4 Å². The Kier molecular flexibility index (Phi) is 3.05. The van der Waals surface area contributed by atoms with Gasteiger partial charge in [-0.25, -0.2) is 4.79 Å². The highest BCUT2D eigenvalue weighted by Gasteiger charge is 2.28. The summed E-state index contributed by atoms with van der Waals surface area (Å²) in [5.41, 5.74) is 0. The number of aliphatic hydroxyl groups is 1. The number of rotatable bonds is 4. The molecule has 12 heavy (non-hydrogen) atoms. The SMILES string of the molecule is CCC1CN(CC(O)C(=O)O)C1. The maximum atomic E-state index is 10.2. The molecule has 4 heteroatoms. The lowest BCUT2D eigenvalue weighted by Crippen LogP contribution is -2.50. The van der Waals surface area contributed by atoms with Crippen LogP contribution in [-0.4, -0.2) is 46.8 Å². The van der Waals surface area contributed by atoms with E-state index in [0.717, 1.165) is 19.5 Å². The number of aliphatic hydroxyl groups excluding tert-OH is 1. The average molecular weight is 173 g/mol. The maximum absolute atomic E-state index is 10.2. The number of hydrogen-bond acceptors (Lipinski definition) is 3. The molecular weight excluding hydrogens is 158 g/mol. The van der Waals surface area contributed by atoms with Crippen LogP contribution in [0.2, 0.25) is 0 Å². The van der Waals surface area contributed by atoms with Gasteiger partial charge in [0.25, 0.3) is 0 Å². The fourth-order valence-corrected chi connectivity index (χ4v) is 1.41. The first-order chi connectivity index (χ1) is 5.63. The second kappa shape index (κ2) is 3.87. The Morgan fingerprint density at radius 1 is 1.67 bits per heavy atom. The van der Waals surface area contributed by atoms with Gasteiger partial charge in [-0.2, -0.15) is 0 Å². The first-order valence-electron chi connectivity index (χ1n) is 4.26. The van der Waals surface area contributed by atoms with Crippen molar-refractivity contribution >= 4 is 5.97 Å². The van der Waals surface area contributed by atoms with Crippen molar-refractivity contribution in [1.29, 1.82) is 0 Å². The normalized spacial score (nSPS) is 21.8. The lowest BCUT2D eigenvalue weighted by atomic mass is 9.97. The number of β-amino-alcohol motifs (C(OH)–C–C–N with tert-alkyl or cyclic N) is 1. The molecule has 0 spiro atoms. The van der Waals surface area contributed by atoms with E-state index in [1.165, 1.54) is 0 Å². The Bertz CT molecular complexity index is 166. The van der Waals surface area contributed by atoms with E-state index in [9.17, 15) is 4.79 Å². The van der Waals surface area contributed by atoms with Gasteiger partial charge in [-0.15, -0.1) is 0 Å². The number of likely N-dealkylation sites (tertiary alicyclic amines) is 1. The molecule has 0 aliphatic carbocycles. The lowest BCUT2D eigenvalue weighted by Gasteiger charge is -2.39. The third-order valence-corrected chi connectivity index (χ3v) is 2.33. The van der Waals surface area contributed by atoms with Gasteiger partial charge < -0.3 is 10.2 Å². The number of carboxylic acid groups (broad SMARTS) is 1. The minimum atomic E-state index is -1.22. The summed E-state index contributed by atoms with van der Waals surface area (Å²) < 4.78 is 0. The second-order valence-electron chi connectivity index (χ2n) is 3.35. The molecule has 1 unspecified atom stereocenters. The number of aliphatic carboxylic acids is 1. The molecular formula is C8H15NO3. The van der Waals surface area contributed by atoms with E-state index in [4.69, 9.17) is 10.2 Å². The Morgan fingerprint density at radius 2 is 2.25 bits per heavy atom. The van der Waals surface area contributed by atoms with Gasteiger partial charge in [0.05, 0.1) is 0 Å². The third-order valence-electron chi connectivity index (χ3n) is 2.33. The van der Waals surface area contributed by atoms with Crippen LogP contribution >= 0.6 is 0 Å². The largest absolute Gasteiger partial charge is 0.479 e. The first-order valence-corrected chi connectivity index (χ1v) is 4.26. The molecule has 1 heterocycles. The summed E-state index contributed by atoms with van der Waals surface area (Å²) in [7, 11) is 0. The zero-order chi connectivity index (χ0) is 9.14. The molecule has 0 radical (unpaired) electrons. The van der Waals surface area contributed by atoms with Crippen molar-refractivity contribution in [3.05, 3.63) is 0 Å². The van der Waals surface area contributed by atoms with Crippen LogP contribution < -0.4 is 0 Å². The molecule has 1 fully saturated rings. The third kappa shape index (κ3) is 2.19. The Balaban J connectivity index is 2.14. The molecule has 1 aliphatic rings. The van der Waals surface area contributed by atoms with Crippen LogP contribution in [-0.2, 0) is 4.79 Å². The number of carboxylic acids is 1. The quantitative estimate of drug-likeness (QED) is 0.616.